The summed E-state index contributed by atoms with van der Waals surface area (Å²) in [6.07, 6.45) is -0.220. The molecule has 0 aromatic carbocycles. The number of β-amino-alcohol motifs (C(OH)–C–C–N with tert-alkyl or cyclic N) is 1. The topological polar surface area (TPSA) is 78.9 Å². The molecule has 3 rings (SSSR count). The van der Waals surface area contributed by atoms with Gasteiger partial charge in [-0.15, -0.1) is 11.3 Å². The summed E-state index contributed by atoms with van der Waals surface area (Å²) in [5, 5.41) is 14.7. The summed E-state index contributed by atoms with van der Waals surface area (Å²) in [5.74, 6) is 1.26. The average molecular weight is 342 g/mol. The van der Waals surface area contributed by atoms with E-state index >= 15 is 0 Å². The molecule has 2 atom stereocenters. The van der Waals surface area contributed by atoms with Crippen LogP contribution in [0.2, 0.25) is 0 Å². The molecule has 1 aromatic rings. The fourth-order valence-electron chi connectivity index (χ4n) is 2.63. The fourth-order valence-corrected chi connectivity index (χ4v) is 4.59. The van der Waals surface area contributed by atoms with Gasteiger partial charge in [-0.3, -0.25) is 9.69 Å². The first kappa shape index (κ1) is 15.8. The first-order valence-electron chi connectivity index (χ1n) is 7.11. The molecule has 0 saturated carbocycles. The quantitative estimate of drug-likeness (QED) is 0.756. The normalized spacial score (nSPS) is 26.0. The lowest BCUT2D eigenvalue weighted by Crippen LogP contribution is -2.47. The van der Waals surface area contributed by atoms with Crippen molar-refractivity contribution in [2.45, 2.75) is 24.7 Å². The monoisotopic (exact) mass is 342 g/mol. The van der Waals surface area contributed by atoms with E-state index < -0.39 is 17.7 Å². The van der Waals surface area contributed by atoms with E-state index in [2.05, 4.69) is 5.32 Å². The molecular formula is C14H18N2O4S2. The van der Waals surface area contributed by atoms with E-state index in [9.17, 15) is 14.7 Å². The molecule has 2 saturated heterocycles. The summed E-state index contributed by atoms with van der Waals surface area (Å²) < 4.78 is 5.42. The molecule has 0 aliphatic carbocycles. The van der Waals surface area contributed by atoms with E-state index in [1.165, 1.54) is 0 Å². The van der Waals surface area contributed by atoms with Crippen LogP contribution < -0.4 is 5.32 Å². The van der Waals surface area contributed by atoms with Crippen molar-refractivity contribution in [2.75, 3.05) is 24.7 Å². The molecule has 120 valence electrons. The zero-order chi connectivity index (χ0) is 15.6. The smallest absolute Gasteiger partial charge is 0.325 e. The van der Waals surface area contributed by atoms with Crippen LogP contribution in [0, 0.1) is 0 Å². The van der Waals surface area contributed by atoms with Crippen LogP contribution in [0.25, 0.3) is 0 Å². The molecule has 3 amide bonds. The number of aliphatic hydroxyl groups excluding tert-OH is 1. The number of urea groups is 1. The Morgan fingerprint density at radius 3 is 3.05 bits per heavy atom. The minimum atomic E-state index is -0.876. The summed E-state index contributed by atoms with van der Waals surface area (Å²) in [4.78, 5) is 26.6. The Bertz CT molecular complexity index is 543. The Labute approximate surface area is 136 Å². The summed E-state index contributed by atoms with van der Waals surface area (Å²) in [7, 11) is 0. The number of ether oxygens (including phenoxy) is 1. The van der Waals surface area contributed by atoms with E-state index in [4.69, 9.17) is 4.74 Å². The van der Waals surface area contributed by atoms with Gasteiger partial charge < -0.3 is 15.2 Å². The molecule has 3 heterocycles. The maximum Gasteiger partial charge on any atom is 0.325 e. The van der Waals surface area contributed by atoms with Crippen molar-refractivity contribution in [1.82, 2.24) is 10.2 Å². The number of nitrogens with one attached hydrogen (secondary N) is 1. The second kappa shape index (κ2) is 6.57. The third-order valence-corrected chi connectivity index (χ3v) is 5.84. The highest BCUT2D eigenvalue weighted by molar-refractivity contribution is 7.99. The van der Waals surface area contributed by atoms with Gasteiger partial charge in [-0.25, -0.2) is 4.79 Å². The van der Waals surface area contributed by atoms with E-state index in [0.717, 1.165) is 15.5 Å². The van der Waals surface area contributed by atoms with Crippen molar-refractivity contribution in [1.29, 1.82) is 0 Å². The summed E-state index contributed by atoms with van der Waals surface area (Å²) >= 11 is 3.24. The number of aliphatic hydroxyl groups is 1. The average Bonchev–Trinajstić information content (AvgIpc) is 3.19. The Morgan fingerprint density at radius 2 is 2.36 bits per heavy atom. The number of hydrogen-bond acceptors (Lipinski definition) is 6. The molecule has 2 fully saturated rings. The minimum Gasteiger partial charge on any atom is -0.389 e. The molecule has 0 bridgehead atoms. The number of hydrogen-bond donors (Lipinski definition) is 2. The SMILES string of the molecule is O=C1N[C@@]2(CCSC2)C(=O)N1C[C@H](O)COCc1cccs1. The van der Waals surface area contributed by atoms with Crippen LogP contribution in [0.4, 0.5) is 4.79 Å². The summed E-state index contributed by atoms with van der Waals surface area (Å²) in [6, 6.07) is 3.48. The van der Waals surface area contributed by atoms with Crippen LogP contribution >= 0.6 is 23.1 Å². The third kappa shape index (κ3) is 3.15. The Kier molecular flexibility index (Phi) is 4.72. The van der Waals surface area contributed by atoms with Gasteiger partial charge in [0.05, 0.1) is 25.9 Å². The lowest BCUT2D eigenvalue weighted by atomic mass is 9.99. The van der Waals surface area contributed by atoms with Crippen LogP contribution in [0.3, 0.4) is 0 Å². The molecule has 0 unspecified atom stereocenters. The minimum absolute atomic E-state index is 0.0263. The van der Waals surface area contributed by atoms with E-state index in [-0.39, 0.29) is 19.1 Å². The molecular weight excluding hydrogens is 324 g/mol. The van der Waals surface area contributed by atoms with Gasteiger partial charge in [0.2, 0.25) is 0 Å². The zero-order valence-electron chi connectivity index (χ0n) is 12.0. The van der Waals surface area contributed by atoms with Crippen LogP contribution in [-0.4, -0.2) is 58.2 Å². The van der Waals surface area contributed by atoms with E-state index in [1.807, 2.05) is 17.5 Å². The first-order valence-corrected chi connectivity index (χ1v) is 9.14. The van der Waals surface area contributed by atoms with Gasteiger partial charge >= 0.3 is 6.03 Å². The fraction of sp³-hybridized carbons (Fsp3) is 0.571. The molecule has 0 radical (unpaired) electrons. The van der Waals surface area contributed by atoms with Crippen LogP contribution in [0.5, 0.6) is 0 Å². The molecule has 22 heavy (non-hydrogen) atoms. The number of imide groups is 1. The van der Waals surface area contributed by atoms with Crippen LogP contribution in [0.15, 0.2) is 17.5 Å². The highest BCUT2D eigenvalue weighted by atomic mass is 32.2. The number of rotatable bonds is 6. The molecule has 2 aliphatic rings. The van der Waals surface area contributed by atoms with Gasteiger partial charge in [0.1, 0.15) is 5.54 Å². The Hall–Kier alpha value is -1.09. The predicted octanol–water partition coefficient (Wildman–Crippen LogP) is 1.05. The van der Waals surface area contributed by atoms with Crippen molar-refractivity contribution in [3.05, 3.63) is 22.4 Å². The number of nitrogens with zero attached hydrogens (tertiary/aromatic N) is 1. The van der Waals surface area contributed by atoms with Crippen LogP contribution in [-0.2, 0) is 16.1 Å². The third-order valence-electron chi connectivity index (χ3n) is 3.80. The van der Waals surface area contributed by atoms with Crippen molar-refractivity contribution in [3.8, 4) is 0 Å². The van der Waals surface area contributed by atoms with Crippen molar-refractivity contribution < 1.29 is 19.4 Å². The van der Waals surface area contributed by atoms with Crippen LogP contribution in [0.1, 0.15) is 11.3 Å². The highest BCUT2D eigenvalue weighted by Gasteiger charge is 2.53. The molecule has 1 aromatic heterocycles. The van der Waals surface area contributed by atoms with Gasteiger partial charge in [0, 0.05) is 10.6 Å². The molecule has 8 heteroatoms. The largest absolute Gasteiger partial charge is 0.389 e. The van der Waals surface area contributed by atoms with Gasteiger partial charge in [-0.05, 0) is 23.6 Å². The molecule has 6 nitrogen and oxygen atoms in total. The summed E-state index contributed by atoms with van der Waals surface area (Å²) in [5.41, 5.74) is -0.751. The van der Waals surface area contributed by atoms with E-state index in [1.54, 1.807) is 23.1 Å². The number of thiophene rings is 1. The van der Waals surface area contributed by atoms with Gasteiger partial charge in [0.15, 0.2) is 0 Å². The Morgan fingerprint density at radius 1 is 1.50 bits per heavy atom. The standard InChI is InChI=1S/C14H18N2O4S2/c17-10(7-20-8-11-2-1-4-22-11)6-16-12(18)14(15-13(16)19)3-5-21-9-14/h1-2,4,10,17H,3,5-9H2,(H,15,19)/t10-,14+/m0/s1. The molecule has 2 aliphatic heterocycles. The number of carbonyl (C=O) groups is 2. The van der Waals surface area contributed by atoms with Gasteiger partial charge in [-0.1, -0.05) is 6.07 Å². The van der Waals surface area contributed by atoms with Crippen molar-refractivity contribution in [3.63, 3.8) is 0 Å². The lowest BCUT2D eigenvalue weighted by molar-refractivity contribution is -0.131. The maximum atomic E-state index is 12.4. The number of carbonyl (C=O) groups excluding carboxylic acids is 2. The molecule has 1 spiro atoms. The Balaban J connectivity index is 1.49. The van der Waals surface area contributed by atoms with Gasteiger partial charge in [-0.2, -0.15) is 11.8 Å². The maximum absolute atomic E-state index is 12.4. The predicted molar refractivity (Wildman–Crippen MR) is 84.9 cm³/mol. The van der Waals surface area contributed by atoms with E-state index in [0.29, 0.717) is 18.8 Å². The highest BCUT2D eigenvalue weighted by Crippen LogP contribution is 2.33. The van der Waals surface area contributed by atoms with Crippen molar-refractivity contribution in [2.24, 2.45) is 0 Å². The number of thioether (sulfide) groups is 1. The second-order valence-electron chi connectivity index (χ2n) is 5.48. The van der Waals surface area contributed by atoms with Gasteiger partial charge in [0.25, 0.3) is 5.91 Å². The lowest BCUT2D eigenvalue weighted by Gasteiger charge is -2.20. The first-order chi connectivity index (χ1) is 10.6. The second-order valence-corrected chi connectivity index (χ2v) is 7.62. The zero-order valence-corrected chi connectivity index (χ0v) is 13.6. The van der Waals surface area contributed by atoms with Crippen molar-refractivity contribution >= 4 is 35.0 Å². The number of amides is 3. The summed E-state index contributed by atoms with van der Waals surface area (Å²) in [6.45, 7) is 0.494. The molecule has 2 N–H and O–H groups in total.